The Bertz CT molecular complexity index is 684. The Balaban J connectivity index is 2.59. The fraction of sp³-hybridized carbons (Fsp3) is 0.273. The fourth-order valence-corrected chi connectivity index (χ4v) is 2.48. The standard InChI is InChI=1S/C11H13N3O6S2/c1-21-10(13-22(2,18)19)12-11(15)20-7-8-3-5-9(6-4-8)14(16)17/h3-6H,7H2,1-2H3,(H,12,13,15). The number of nitro benzene ring substituents is 1. The van der Waals surface area contributed by atoms with Crippen LogP contribution in [-0.2, 0) is 21.4 Å². The summed E-state index contributed by atoms with van der Waals surface area (Å²) in [5, 5.41) is 12.6. The molecule has 0 fully saturated rings. The molecule has 120 valence electrons. The molecule has 1 aromatic rings. The van der Waals surface area contributed by atoms with E-state index in [1.54, 1.807) is 6.26 Å². The van der Waals surface area contributed by atoms with Crippen molar-refractivity contribution in [1.82, 2.24) is 5.32 Å². The van der Waals surface area contributed by atoms with E-state index in [1.807, 2.05) is 0 Å². The van der Waals surface area contributed by atoms with E-state index in [4.69, 9.17) is 4.74 Å². The van der Waals surface area contributed by atoms with Crippen LogP contribution in [0.3, 0.4) is 0 Å². The van der Waals surface area contributed by atoms with Gasteiger partial charge in [-0.1, -0.05) is 11.8 Å². The molecule has 1 rings (SSSR count). The molecule has 0 aromatic heterocycles. The molecule has 0 radical (unpaired) electrons. The van der Waals surface area contributed by atoms with Gasteiger partial charge in [0.1, 0.15) is 6.61 Å². The SMILES string of the molecule is CS/C(=N\S(C)(=O)=O)NC(=O)OCc1ccc([N+](=O)[O-])cc1. The van der Waals surface area contributed by atoms with Gasteiger partial charge in [-0.25, -0.2) is 13.2 Å². The molecule has 0 saturated carbocycles. The number of hydrogen-bond acceptors (Lipinski definition) is 7. The van der Waals surface area contributed by atoms with Crippen LogP contribution in [0, 0.1) is 10.1 Å². The average molecular weight is 347 g/mol. The van der Waals surface area contributed by atoms with E-state index in [9.17, 15) is 23.3 Å². The minimum atomic E-state index is -3.63. The maximum Gasteiger partial charge on any atom is 0.413 e. The van der Waals surface area contributed by atoms with Crippen molar-refractivity contribution in [2.45, 2.75) is 6.61 Å². The molecule has 0 aliphatic rings. The Hall–Kier alpha value is -2.14. The van der Waals surface area contributed by atoms with E-state index >= 15 is 0 Å². The lowest BCUT2D eigenvalue weighted by molar-refractivity contribution is -0.384. The number of thioether (sulfide) groups is 1. The minimum absolute atomic E-state index is 0.0712. The number of alkyl carbamates (subject to hydrolysis) is 1. The van der Waals surface area contributed by atoms with Gasteiger partial charge in [-0.2, -0.15) is 0 Å². The highest BCUT2D eigenvalue weighted by atomic mass is 32.2. The predicted octanol–water partition coefficient (Wildman–Crippen LogP) is 1.50. The lowest BCUT2D eigenvalue weighted by Gasteiger charge is -2.07. The molecule has 0 unspecified atom stereocenters. The van der Waals surface area contributed by atoms with Gasteiger partial charge in [-0.05, 0) is 24.0 Å². The van der Waals surface area contributed by atoms with Crippen LogP contribution in [0.1, 0.15) is 5.56 Å². The van der Waals surface area contributed by atoms with Crippen LogP contribution in [0.15, 0.2) is 28.7 Å². The maximum absolute atomic E-state index is 11.5. The summed E-state index contributed by atoms with van der Waals surface area (Å²) in [7, 11) is -3.63. The van der Waals surface area contributed by atoms with Gasteiger partial charge < -0.3 is 4.74 Å². The lowest BCUT2D eigenvalue weighted by Crippen LogP contribution is -2.29. The first-order valence-corrected chi connectivity index (χ1v) is 8.79. The van der Waals surface area contributed by atoms with E-state index in [0.29, 0.717) is 5.56 Å². The average Bonchev–Trinajstić information content (AvgIpc) is 2.43. The number of amidine groups is 1. The van der Waals surface area contributed by atoms with Gasteiger partial charge in [0, 0.05) is 12.1 Å². The van der Waals surface area contributed by atoms with Crippen LogP contribution in [0.2, 0.25) is 0 Å². The van der Waals surface area contributed by atoms with Crippen molar-refractivity contribution in [1.29, 1.82) is 0 Å². The van der Waals surface area contributed by atoms with Crippen LogP contribution in [0.4, 0.5) is 10.5 Å². The quantitative estimate of drug-likeness (QED) is 0.378. The number of nitrogens with one attached hydrogen (secondary N) is 1. The predicted molar refractivity (Wildman–Crippen MR) is 82.2 cm³/mol. The van der Waals surface area contributed by atoms with E-state index < -0.39 is 21.0 Å². The Morgan fingerprint density at radius 3 is 2.45 bits per heavy atom. The monoisotopic (exact) mass is 347 g/mol. The minimum Gasteiger partial charge on any atom is -0.444 e. The van der Waals surface area contributed by atoms with Crippen LogP contribution in [0.5, 0.6) is 0 Å². The fourth-order valence-electron chi connectivity index (χ4n) is 1.25. The van der Waals surface area contributed by atoms with Crippen molar-refractivity contribution in [3.8, 4) is 0 Å². The van der Waals surface area contributed by atoms with Gasteiger partial charge in [-0.15, -0.1) is 4.40 Å². The van der Waals surface area contributed by atoms with E-state index in [0.717, 1.165) is 18.0 Å². The lowest BCUT2D eigenvalue weighted by atomic mass is 10.2. The van der Waals surface area contributed by atoms with Gasteiger partial charge in [0.2, 0.25) is 0 Å². The summed E-state index contributed by atoms with van der Waals surface area (Å²) in [5.41, 5.74) is 0.477. The first-order valence-electron chi connectivity index (χ1n) is 5.72. The highest BCUT2D eigenvalue weighted by molar-refractivity contribution is 8.13. The number of benzene rings is 1. The molecule has 0 bridgehead atoms. The number of nitro groups is 1. The molecule has 0 heterocycles. The molecule has 0 saturated heterocycles. The largest absolute Gasteiger partial charge is 0.444 e. The van der Waals surface area contributed by atoms with Crippen LogP contribution >= 0.6 is 11.8 Å². The highest BCUT2D eigenvalue weighted by Crippen LogP contribution is 2.12. The zero-order valence-corrected chi connectivity index (χ0v) is 13.3. The van der Waals surface area contributed by atoms with Crippen molar-refractivity contribution in [3.05, 3.63) is 39.9 Å². The van der Waals surface area contributed by atoms with Gasteiger partial charge >= 0.3 is 6.09 Å². The molecule has 1 N–H and O–H groups in total. The smallest absolute Gasteiger partial charge is 0.413 e. The van der Waals surface area contributed by atoms with Crippen LogP contribution in [-0.4, -0.2) is 37.1 Å². The summed E-state index contributed by atoms with van der Waals surface area (Å²) in [6, 6.07) is 5.47. The summed E-state index contributed by atoms with van der Waals surface area (Å²) in [5.74, 6) is 0. The number of ether oxygens (including phenoxy) is 1. The van der Waals surface area contributed by atoms with E-state index in [1.165, 1.54) is 24.3 Å². The van der Waals surface area contributed by atoms with Crippen LogP contribution in [0.25, 0.3) is 0 Å². The Labute approximate surface area is 131 Å². The molecule has 0 aliphatic heterocycles. The number of carbonyl (C=O) groups excluding carboxylic acids is 1. The summed E-state index contributed by atoms with van der Waals surface area (Å²) in [4.78, 5) is 21.5. The van der Waals surface area contributed by atoms with E-state index in [2.05, 4.69) is 9.71 Å². The number of hydrogen-bond donors (Lipinski definition) is 1. The molecule has 0 spiro atoms. The topological polar surface area (TPSA) is 128 Å². The van der Waals surface area contributed by atoms with Crippen LogP contribution < -0.4 is 5.32 Å². The van der Waals surface area contributed by atoms with Gasteiger partial charge in [0.15, 0.2) is 5.17 Å². The summed E-state index contributed by atoms with van der Waals surface area (Å²) in [6.07, 6.45) is 1.56. The van der Waals surface area contributed by atoms with Crippen molar-refractivity contribution >= 4 is 38.7 Å². The normalized spacial score (nSPS) is 11.8. The summed E-state index contributed by atoms with van der Waals surface area (Å²) >= 11 is 0.936. The third-order valence-corrected chi connectivity index (χ3v) is 3.38. The van der Waals surface area contributed by atoms with Gasteiger partial charge in [0.05, 0.1) is 11.2 Å². The zero-order valence-electron chi connectivity index (χ0n) is 11.7. The third-order valence-electron chi connectivity index (χ3n) is 2.17. The second-order valence-corrected chi connectivity index (χ2v) is 6.40. The Morgan fingerprint density at radius 2 is 2.00 bits per heavy atom. The highest BCUT2D eigenvalue weighted by Gasteiger charge is 2.10. The van der Waals surface area contributed by atoms with Crippen molar-refractivity contribution < 1.29 is 22.9 Å². The maximum atomic E-state index is 11.5. The van der Waals surface area contributed by atoms with Crippen molar-refractivity contribution in [2.24, 2.45) is 4.40 Å². The molecule has 0 aliphatic carbocycles. The van der Waals surface area contributed by atoms with Crippen molar-refractivity contribution in [3.63, 3.8) is 0 Å². The summed E-state index contributed by atoms with van der Waals surface area (Å²) in [6.45, 7) is -0.121. The number of non-ortho nitro benzene ring substituents is 1. The molecule has 11 heteroatoms. The number of carbonyl (C=O) groups is 1. The number of amides is 1. The molecule has 9 nitrogen and oxygen atoms in total. The molecular weight excluding hydrogens is 334 g/mol. The third kappa shape index (κ3) is 6.54. The van der Waals surface area contributed by atoms with E-state index in [-0.39, 0.29) is 17.5 Å². The second-order valence-electron chi connectivity index (χ2n) is 3.96. The number of rotatable bonds is 4. The molecule has 22 heavy (non-hydrogen) atoms. The molecular formula is C11H13N3O6S2. The molecule has 0 atom stereocenters. The number of sulfonamides is 1. The van der Waals surface area contributed by atoms with Crippen molar-refractivity contribution in [2.75, 3.05) is 12.5 Å². The molecule has 1 amide bonds. The Kier molecular flexibility index (Phi) is 6.31. The van der Waals surface area contributed by atoms with Gasteiger partial charge in [-0.3, -0.25) is 15.4 Å². The van der Waals surface area contributed by atoms with Gasteiger partial charge in [0.25, 0.3) is 15.7 Å². The Morgan fingerprint density at radius 1 is 1.41 bits per heavy atom. The second kappa shape index (κ2) is 7.75. The zero-order chi connectivity index (χ0) is 16.8. The summed E-state index contributed by atoms with van der Waals surface area (Å²) < 4.78 is 30.2. The molecule has 1 aromatic carbocycles. The first kappa shape index (κ1) is 17.9. The first-order chi connectivity index (χ1) is 10.2. The number of nitrogens with zero attached hydrogens (tertiary/aromatic N) is 2.